The van der Waals surface area contributed by atoms with E-state index in [4.69, 9.17) is 5.73 Å². The van der Waals surface area contributed by atoms with E-state index in [1.165, 1.54) is 0 Å². The zero-order valence-electron chi connectivity index (χ0n) is 11.5. The van der Waals surface area contributed by atoms with Crippen molar-refractivity contribution in [2.75, 3.05) is 0 Å². The van der Waals surface area contributed by atoms with E-state index in [1.54, 1.807) is 29.7 Å². The van der Waals surface area contributed by atoms with Crippen LogP contribution in [0.15, 0.2) is 48.0 Å². The second-order valence-corrected chi connectivity index (χ2v) is 5.60. The Bertz CT molecular complexity index is 794. The van der Waals surface area contributed by atoms with E-state index in [2.05, 4.69) is 17.1 Å². The van der Waals surface area contributed by atoms with Crippen molar-refractivity contribution in [3.05, 3.63) is 65.2 Å². The fourth-order valence-electron chi connectivity index (χ4n) is 2.28. The number of primary amides is 1. The van der Waals surface area contributed by atoms with Gasteiger partial charge in [0.05, 0.1) is 0 Å². The van der Waals surface area contributed by atoms with E-state index in [9.17, 15) is 4.79 Å². The van der Waals surface area contributed by atoms with Crippen molar-refractivity contribution in [1.29, 1.82) is 0 Å². The molecule has 0 saturated carbocycles. The number of nitrogens with zero attached hydrogens (tertiary/aromatic N) is 1. The molecule has 1 radical (unpaired) electrons. The molecule has 0 spiro atoms. The maximum absolute atomic E-state index is 11.6. The lowest BCUT2D eigenvalue weighted by molar-refractivity contribution is 0.100. The van der Waals surface area contributed by atoms with Crippen LogP contribution < -0.4 is 5.73 Å². The zero-order chi connectivity index (χ0) is 14.8. The molecule has 3 rings (SSSR count). The first-order valence-electron chi connectivity index (χ1n) is 6.47. The van der Waals surface area contributed by atoms with Gasteiger partial charge in [0.25, 0.3) is 0 Å². The van der Waals surface area contributed by atoms with Crippen molar-refractivity contribution in [2.45, 2.75) is 6.92 Å². The third-order valence-electron chi connectivity index (χ3n) is 3.34. The van der Waals surface area contributed by atoms with Crippen molar-refractivity contribution in [2.24, 2.45) is 5.73 Å². The lowest BCUT2D eigenvalue weighted by atomic mass is 9.94. The van der Waals surface area contributed by atoms with Crippen LogP contribution in [0.25, 0.3) is 21.7 Å². The van der Waals surface area contributed by atoms with Crippen LogP contribution in [0, 0.1) is 13.0 Å². The Morgan fingerprint density at radius 1 is 1.29 bits per heavy atom. The highest BCUT2D eigenvalue weighted by Gasteiger charge is 2.12. The molecule has 103 valence electrons. The first kappa shape index (κ1) is 13.5. The van der Waals surface area contributed by atoms with Gasteiger partial charge in [-0.15, -0.1) is 11.3 Å². The summed E-state index contributed by atoms with van der Waals surface area (Å²) in [4.78, 5) is 15.9. The molecular formula is C17H13N2OS. The number of carbonyl (C=O) groups is 1. The third-order valence-corrected chi connectivity index (χ3v) is 4.16. The summed E-state index contributed by atoms with van der Waals surface area (Å²) in [6, 6.07) is 14.3. The lowest BCUT2D eigenvalue weighted by Gasteiger charge is -2.11. The van der Waals surface area contributed by atoms with E-state index >= 15 is 0 Å². The fourth-order valence-corrected chi connectivity index (χ4v) is 2.92. The Hall–Kier alpha value is -2.46. The normalized spacial score (nSPS) is 10.5. The quantitative estimate of drug-likeness (QED) is 0.800. The lowest BCUT2D eigenvalue weighted by Crippen LogP contribution is -2.12. The molecule has 2 aromatic carbocycles. The summed E-state index contributed by atoms with van der Waals surface area (Å²) in [6.45, 7) is 2.02. The number of amides is 1. The molecule has 1 aromatic heterocycles. The monoisotopic (exact) mass is 293 g/mol. The molecule has 0 aliphatic carbocycles. The summed E-state index contributed by atoms with van der Waals surface area (Å²) in [5, 5.41) is 2.90. The topological polar surface area (TPSA) is 56.0 Å². The highest BCUT2D eigenvalue weighted by Crippen LogP contribution is 2.31. The average Bonchev–Trinajstić information content (AvgIpc) is 3.02. The van der Waals surface area contributed by atoms with Gasteiger partial charge in [0.1, 0.15) is 5.01 Å². The minimum atomic E-state index is -0.444. The molecule has 21 heavy (non-hydrogen) atoms. The van der Waals surface area contributed by atoms with E-state index in [0.29, 0.717) is 5.56 Å². The largest absolute Gasteiger partial charge is 0.366 e. The number of hydrogen-bond acceptors (Lipinski definition) is 3. The van der Waals surface area contributed by atoms with Gasteiger partial charge in [0.15, 0.2) is 0 Å². The number of benzene rings is 2. The van der Waals surface area contributed by atoms with E-state index in [1.807, 2.05) is 30.5 Å². The van der Waals surface area contributed by atoms with Gasteiger partial charge in [0, 0.05) is 22.7 Å². The van der Waals surface area contributed by atoms with Crippen LogP contribution in [0.4, 0.5) is 0 Å². The number of aromatic nitrogens is 1. The molecule has 3 nitrogen and oxygen atoms in total. The van der Waals surface area contributed by atoms with Crippen molar-refractivity contribution >= 4 is 17.2 Å². The molecule has 3 aromatic rings. The maximum Gasteiger partial charge on any atom is 0.249 e. The Morgan fingerprint density at radius 3 is 2.86 bits per heavy atom. The second kappa shape index (κ2) is 5.50. The Balaban J connectivity index is 2.19. The number of aryl methyl sites for hydroxylation is 1. The van der Waals surface area contributed by atoms with E-state index in [0.717, 1.165) is 27.3 Å². The summed E-state index contributed by atoms with van der Waals surface area (Å²) in [6.07, 6.45) is 1.78. The molecule has 0 aliphatic heterocycles. The summed E-state index contributed by atoms with van der Waals surface area (Å²) >= 11 is 1.59. The highest BCUT2D eigenvalue weighted by molar-refractivity contribution is 7.13. The second-order valence-electron chi connectivity index (χ2n) is 4.70. The third kappa shape index (κ3) is 2.58. The first-order chi connectivity index (χ1) is 10.2. The van der Waals surface area contributed by atoms with Gasteiger partial charge in [0.2, 0.25) is 5.91 Å². The van der Waals surface area contributed by atoms with Crippen molar-refractivity contribution in [3.8, 4) is 21.7 Å². The summed E-state index contributed by atoms with van der Waals surface area (Å²) < 4.78 is 0. The van der Waals surface area contributed by atoms with Crippen LogP contribution in [0.1, 0.15) is 15.9 Å². The van der Waals surface area contributed by atoms with Crippen LogP contribution >= 0.6 is 11.3 Å². The van der Waals surface area contributed by atoms with Crippen LogP contribution in [-0.2, 0) is 0 Å². The van der Waals surface area contributed by atoms with Crippen LogP contribution in [0.2, 0.25) is 0 Å². The van der Waals surface area contributed by atoms with Gasteiger partial charge in [-0.3, -0.25) is 4.79 Å². The number of hydrogen-bond donors (Lipinski definition) is 1. The van der Waals surface area contributed by atoms with Gasteiger partial charge in [-0.05, 0) is 41.8 Å². The number of thiazole rings is 1. The van der Waals surface area contributed by atoms with E-state index in [-0.39, 0.29) is 0 Å². The van der Waals surface area contributed by atoms with E-state index < -0.39 is 5.91 Å². The highest BCUT2D eigenvalue weighted by atomic mass is 32.1. The Kier molecular flexibility index (Phi) is 3.54. The number of rotatable bonds is 3. The molecule has 0 saturated heterocycles. The fraction of sp³-hybridized carbons (Fsp3) is 0.0588. The van der Waals surface area contributed by atoms with Crippen molar-refractivity contribution in [3.63, 3.8) is 0 Å². The Labute approximate surface area is 127 Å². The minimum absolute atomic E-state index is 0.444. The molecule has 0 aliphatic rings. The standard InChI is InChI=1S/C17H13N2OS/c1-11-6-7-12(17-19-8-9-21-17)10-15(11)13-4-2-3-5-14(13)16(18)20/h2,4-10H,1H3,(H2,18,20). The molecule has 0 unspecified atom stereocenters. The van der Waals surface area contributed by atoms with Crippen molar-refractivity contribution < 1.29 is 4.79 Å². The number of carbonyl (C=O) groups excluding carboxylic acids is 1. The smallest absolute Gasteiger partial charge is 0.249 e. The summed E-state index contributed by atoms with van der Waals surface area (Å²) in [5.41, 5.74) is 9.89. The predicted octanol–water partition coefficient (Wildman–Crippen LogP) is 3.68. The predicted molar refractivity (Wildman–Crippen MR) is 85.1 cm³/mol. The SMILES string of the molecule is Cc1ccc(-c2nccs2)cc1-c1cc[c]cc1C(N)=O. The maximum atomic E-state index is 11.6. The summed E-state index contributed by atoms with van der Waals surface area (Å²) in [7, 11) is 0. The van der Waals surface area contributed by atoms with Crippen LogP contribution in [-0.4, -0.2) is 10.9 Å². The van der Waals surface area contributed by atoms with Crippen LogP contribution in [0.5, 0.6) is 0 Å². The first-order valence-corrected chi connectivity index (χ1v) is 7.35. The van der Waals surface area contributed by atoms with Crippen LogP contribution in [0.3, 0.4) is 0 Å². The number of nitrogens with two attached hydrogens (primary N) is 1. The molecular weight excluding hydrogens is 280 g/mol. The van der Waals surface area contributed by atoms with Crippen molar-refractivity contribution in [1.82, 2.24) is 4.98 Å². The molecule has 0 atom stereocenters. The van der Waals surface area contributed by atoms with Gasteiger partial charge < -0.3 is 5.73 Å². The molecule has 0 bridgehead atoms. The molecule has 0 fully saturated rings. The Morgan fingerprint density at radius 2 is 2.14 bits per heavy atom. The van der Waals surface area contributed by atoms with Gasteiger partial charge in [-0.2, -0.15) is 0 Å². The molecule has 4 heteroatoms. The van der Waals surface area contributed by atoms with Gasteiger partial charge in [-0.25, -0.2) is 4.98 Å². The zero-order valence-corrected chi connectivity index (χ0v) is 12.3. The minimum Gasteiger partial charge on any atom is -0.366 e. The summed E-state index contributed by atoms with van der Waals surface area (Å²) in [5.74, 6) is -0.444. The van der Waals surface area contributed by atoms with Gasteiger partial charge in [-0.1, -0.05) is 24.3 Å². The molecule has 1 heterocycles. The molecule has 2 N–H and O–H groups in total. The molecule has 1 amide bonds. The van der Waals surface area contributed by atoms with Gasteiger partial charge >= 0.3 is 0 Å². The average molecular weight is 293 g/mol.